The fraction of sp³-hybridized carbons (Fsp3) is 0.800. The molecular weight excluding hydrogens is 238 g/mol. The molecule has 106 valence electrons. The van der Waals surface area contributed by atoms with E-state index in [0.29, 0.717) is 6.04 Å². The Hall–Kier alpha value is -0.870. The molecule has 1 saturated heterocycles. The summed E-state index contributed by atoms with van der Waals surface area (Å²) in [6, 6.07) is 0.458. The van der Waals surface area contributed by atoms with E-state index in [1.165, 1.54) is 37.7 Å². The van der Waals surface area contributed by atoms with Crippen molar-refractivity contribution in [1.29, 1.82) is 0 Å². The largest absolute Gasteiger partial charge is 0.389 e. The lowest BCUT2D eigenvalue weighted by molar-refractivity contribution is -0.0292. The first kappa shape index (κ1) is 13.1. The van der Waals surface area contributed by atoms with Gasteiger partial charge in [0, 0.05) is 31.4 Å². The van der Waals surface area contributed by atoms with Crippen molar-refractivity contribution in [1.82, 2.24) is 14.7 Å². The summed E-state index contributed by atoms with van der Waals surface area (Å²) in [6.45, 7) is 1.95. The molecule has 0 spiro atoms. The van der Waals surface area contributed by atoms with Gasteiger partial charge in [-0.05, 0) is 32.2 Å². The van der Waals surface area contributed by atoms with Crippen molar-refractivity contribution in [2.24, 2.45) is 7.05 Å². The lowest BCUT2D eigenvalue weighted by Crippen LogP contribution is -2.44. The van der Waals surface area contributed by atoms with Crippen LogP contribution in [0.15, 0.2) is 12.4 Å². The second kappa shape index (κ2) is 5.25. The van der Waals surface area contributed by atoms with Crippen LogP contribution in [0.3, 0.4) is 0 Å². The SMILES string of the molecule is Cn1cc(C2CCCN2CC2(O)CCCCC2)cn1. The zero-order valence-electron chi connectivity index (χ0n) is 11.9. The lowest BCUT2D eigenvalue weighted by atomic mass is 9.84. The first-order valence-corrected chi connectivity index (χ1v) is 7.61. The molecule has 1 aromatic heterocycles. The zero-order valence-corrected chi connectivity index (χ0v) is 11.9. The maximum absolute atomic E-state index is 10.7. The van der Waals surface area contributed by atoms with E-state index >= 15 is 0 Å². The minimum atomic E-state index is -0.441. The normalized spacial score (nSPS) is 27.8. The zero-order chi connectivity index (χ0) is 13.3. The fourth-order valence-electron chi connectivity index (χ4n) is 3.75. The smallest absolute Gasteiger partial charge is 0.0774 e. The standard InChI is InChI=1S/C15H25N3O/c1-17-11-13(10-16-17)14-6-5-9-18(14)12-15(19)7-3-2-4-8-15/h10-11,14,19H,2-9,12H2,1H3. The topological polar surface area (TPSA) is 41.3 Å². The summed E-state index contributed by atoms with van der Waals surface area (Å²) < 4.78 is 1.88. The lowest BCUT2D eigenvalue weighted by Gasteiger charge is -2.37. The van der Waals surface area contributed by atoms with Crippen molar-refractivity contribution in [2.45, 2.75) is 56.6 Å². The van der Waals surface area contributed by atoms with Gasteiger partial charge < -0.3 is 5.11 Å². The van der Waals surface area contributed by atoms with E-state index in [0.717, 1.165) is 25.9 Å². The average molecular weight is 263 g/mol. The van der Waals surface area contributed by atoms with Gasteiger partial charge in [-0.3, -0.25) is 9.58 Å². The number of hydrogen-bond donors (Lipinski definition) is 1. The van der Waals surface area contributed by atoms with E-state index in [4.69, 9.17) is 0 Å². The van der Waals surface area contributed by atoms with Crippen LogP contribution >= 0.6 is 0 Å². The van der Waals surface area contributed by atoms with E-state index in [1.54, 1.807) is 0 Å². The molecule has 1 N–H and O–H groups in total. The number of likely N-dealkylation sites (tertiary alicyclic amines) is 1. The first-order valence-electron chi connectivity index (χ1n) is 7.61. The van der Waals surface area contributed by atoms with Crippen molar-refractivity contribution in [3.05, 3.63) is 18.0 Å². The molecule has 2 aliphatic rings. The van der Waals surface area contributed by atoms with Crippen LogP contribution in [0.1, 0.15) is 56.6 Å². The quantitative estimate of drug-likeness (QED) is 0.909. The Morgan fingerprint density at radius 1 is 1.32 bits per heavy atom. The molecule has 1 saturated carbocycles. The Morgan fingerprint density at radius 2 is 2.11 bits per heavy atom. The highest BCUT2D eigenvalue weighted by Gasteiger charge is 2.36. The molecule has 0 radical (unpaired) electrons. The summed E-state index contributed by atoms with van der Waals surface area (Å²) in [5.41, 5.74) is 0.864. The van der Waals surface area contributed by atoms with Gasteiger partial charge in [-0.15, -0.1) is 0 Å². The van der Waals surface area contributed by atoms with E-state index in [2.05, 4.69) is 16.2 Å². The summed E-state index contributed by atoms with van der Waals surface area (Å²) in [4.78, 5) is 2.47. The van der Waals surface area contributed by atoms with Gasteiger partial charge in [-0.1, -0.05) is 19.3 Å². The number of hydrogen-bond acceptors (Lipinski definition) is 3. The summed E-state index contributed by atoms with van der Waals surface area (Å²) in [6.07, 6.45) is 12.1. The van der Waals surface area contributed by atoms with Crippen LogP contribution < -0.4 is 0 Å². The van der Waals surface area contributed by atoms with Crippen LogP contribution in [0.25, 0.3) is 0 Å². The summed E-state index contributed by atoms with van der Waals surface area (Å²) in [7, 11) is 1.97. The monoisotopic (exact) mass is 263 g/mol. The van der Waals surface area contributed by atoms with Gasteiger partial charge in [0.25, 0.3) is 0 Å². The predicted molar refractivity (Wildman–Crippen MR) is 74.8 cm³/mol. The second-order valence-electron chi connectivity index (χ2n) is 6.36. The third kappa shape index (κ3) is 2.84. The van der Waals surface area contributed by atoms with E-state index in [-0.39, 0.29) is 0 Å². The fourth-order valence-corrected chi connectivity index (χ4v) is 3.75. The van der Waals surface area contributed by atoms with Crippen LogP contribution in [-0.4, -0.2) is 38.5 Å². The van der Waals surface area contributed by atoms with Gasteiger partial charge in [0.2, 0.25) is 0 Å². The Morgan fingerprint density at radius 3 is 2.79 bits per heavy atom. The molecule has 3 rings (SSSR count). The van der Waals surface area contributed by atoms with Gasteiger partial charge >= 0.3 is 0 Å². The minimum Gasteiger partial charge on any atom is -0.389 e. The molecule has 1 aliphatic heterocycles. The second-order valence-corrected chi connectivity index (χ2v) is 6.36. The number of β-amino-alcohol motifs (C(OH)–C–C–N with tert-alkyl or cyclic N) is 1. The molecular formula is C15H25N3O. The van der Waals surface area contributed by atoms with Crippen LogP contribution in [0.2, 0.25) is 0 Å². The third-order valence-corrected chi connectivity index (χ3v) is 4.75. The van der Waals surface area contributed by atoms with Crippen molar-refractivity contribution in [3.8, 4) is 0 Å². The minimum absolute atomic E-state index is 0.441. The van der Waals surface area contributed by atoms with Crippen molar-refractivity contribution < 1.29 is 5.11 Å². The molecule has 4 nitrogen and oxygen atoms in total. The number of aryl methyl sites for hydroxylation is 1. The van der Waals surface area contributed by atoms with E-state index in [1.807, 2.05) is 17.9 Å². The van der Waals surface area contributed by atoms with Crippen molar-refractivity contribution >= 4 is 0 Å². The van der Waals surface area contributed by atoms with Crippen molar-refractivity contribution in [3.63, 3.8) is 0 Å². The number of rotatable bonds is 3. The highest BCUT2D eigenvalue weighted by Crippen LogP contribution is 2.36. The Balaban J connectivity index is 1.69. The van der Waals surface area contributed by atoms with E-state index in [9.17, 15) is 5.11 Å². The van der Waals surface area contributed by atoms with E-state index < -0.39 is 5.60 Å². The Bertz CT molecular complexity index is 423. The summed E-state index contributed by atoms with van der Waals surface area (Å²) in [5, 5.41) is 15.0. The molecule has 0 amide bonds. The van der Waals surface area contributed by atoms with Crippen molar-refractivity contribution in [2.75, 3.05) is 13.1 Å². The maximum Gasteiger partial charge on any atom is 0.0774 e. The maximum atomic E-state index is 10.7. The third-order valence-electron chi connectivity index (χ3n) is 4.75. The molecule has 2 fully saturated rings. The molecule has 0 aromatic carbocycles. The average Bonchev–Trinajstić information content (AvgIpc) is 2.98. The summed E-state index contributed by atoms with van der Waals surface area (Å²) >= 11 is 0. The van der Waals surface area contributed by atoms with Crippen LogP contribution in [0.4, 0.5) is 0 Å². The first-order chi connectivity index (χ1) is 9.16. The molecule has 4 heteroatoms. The molecule has 1 aromatic rings. The Labute approximate surface area is 115 Å². The molecule has 1 unspecified atom stereocenters. The predicted octanol–water partition coefficient (Wildman–Crippen LogP) is 2.25. The van der Waals surface area contributed by atoms with Gasteiger partial charge in [0.05, 0.1) is 11.8 Å². The molecule has 19 heavy (non-hydrogen) atoms. The molecule has 0 bridgehead atoms. The van der Waals surface area contributed by atoms with Crippen LogP contribution in [0.5, 0.6) is 0 Å². The van der Waals surface area contributed by atoms with Gasteiger partial charge in [0.15, 0.2) is 0 Å². The van der Waals surface area contributed by atoms with Gasteiger partial charge in [-0.25, -0.2) is 0 Å². The molecule has 2 heterocycles. The van der Waals surface area contributed by atoms with Gasteiger partial charge in [0.1, 0.15) is 0 Å². The van der Waals surface area contributed by atoms with Gasteiger partial charge in [-0.2, -0.15) is 5.10 Å². The number of nitrogens with zero attached hydrogens (tertiary/aromatic N) is 3. The molecule has 1 aliphatic carbocycles. The van der Waals surface area contributed by atoms with Crippen LogP contribution in [0, 0.1) is 0 Å². The highest BCUT2D eigenvalue weighted by atomic mass is 16.3. The highest BCUT2D eigenvalue weighted by molar-refractivity contribution is 5.12. The number of aliphatic hydroxyl groups is 1. The number of aromatic nitrogens is 2. The summed E-state index contributed by atoms with van der Waals surface area (Å²) in [5.74, 6) is 0. The van der Waals surface area contributed by atoms with Crippen LogP contribution in [-0.2, 0) is 7.05 Å². The molecule has 1 atom stereocenters. The Kier molecular flexibility index (Phi) is 3.63.